The minimum Gasteiger partial charge on any atom is -0.444 e. The Kier molecular flexibility index (Phi) is 11.2. The summed E-state index contributed by atoms with van der Waals surface area (Å²) in [6, 6.07) is 20.5. The van der Waals surface area contributed by atoms with Crippen molar-refractivity contribution in [3.8, 4) is 0 Å². The van der Waals surface area contributed by atoms with Gasteiger partial charge in [0.1, 0.15) is 17.1 Å². The van der Waals surface area contributed by atoms with Gasteiger partial charge in [0, 0.05) is 12.8 Å². The van der Waals surface area contributed by atoms with E-state index in [1.54, 1.807) is 4.90 Å². The average molecular weight is 598 g/mol. The van der Waals surface area contributed by atoms with Crippen molar-refractivity contribution < 1.29 is 28.6 Å². The normalized spacial score (nSPS) is 18.1. The molecular formula is C34H51NO6Si. The van der Waals surface area contributed by atoms with Crippen LogP contribution < -0.4 is 10.4 Å². The summed E-state index contributed by atoms with van der Waals surface area (Å²) in [6.45, 7) is 16.4. The molecule has 0 aromatic heterocycles. The van der Waals surface area contributed by atoms with Gasteiger partial charge in [0.05, 0.1) is 25.4 Å². The summed E-state index contributed by atoms with van der Waals surface area (Å²) in [7, 11) is -2.75. The van der Waals surface area contributed by atoms with Crippen molar-refractivity contribution in [1.82, 2.24) is 4.90 Å². The van der Waals surface area contributed by atoms with Crippen molar-refractivity contribution in [3.63, 3.8) is 0 Å². The Morgan fingerprint density at radius 2 is 1.52 bits per heavy atom. The van der Waals surface area contributed by atoms with Crippen LogP contribution in [-0.2, 0) is 18.7 Å². The molecule has 1 unspecified atom stereocenters. The van der Waals surface area contributed by atoms with Gasteiger partial charge in [0.25, 0.3) is 8.32 Å². The number of ether oxygens (including phenoxy) is 2. The van der Waals surface area contributed by atoms with Gasteiger partial charge in [-0.15, -0.1) is 0 Å². The fourth-order valence-electron chi connectivity index (χ4n) is 5.83. The molecule has 0 aliphatic carbocycles. The largest absolute Gasteiger partial charge is 0.444 e. The Labute approximate surface area is 253 Å². The molecule has 1 amide bonds. The van der Waals surface area contributed by atoms with Crippen molar-refractivity contribution in [1.29, 1.82) is 0 Å². The van der Waals surface area contributed by atoms with Crippen molar-refractivity contribution >= 4 is 30.6 Å². The number of carbonyl (C=O) groups is 2. The van der Waals surface area contributed by atoms with Crippen molar-refractivity contribution in [2.45, 2.75) is 116 Å². The molecule has 8 heteroatoms. The van der Waals surface area contributed by atoms with Crippen molar-refractivity contribution in [2.75, 3.05) is 13.2 Å². The zero-order valence-corrected chi connectivity index (χ0v) is 27.8. The van der Waals surface area contributed by atoms with Crippen LogP contribution >= 0.6 is 0 Å². The number of nitrogens with zero attached hydrogens (tertiary/aromatic N) is 1. The molecule has 1 saturated heterocycles. The molecule has 1 aliphatic heterocycles. The van der Waals surface area contributed by atoms with Gasteiger partial charge in [-0.1, -0.05) is 81.4 Å². The van der Waals surface area contributed by atoms with Gasteiger partial charge in [-0.25, -0.2) is 4.79 Å². The molecule has 1 aliphatic rings. The lowest BCUT2D eigenvalue weighted by Gasteiger charge is -2.43. The molecule has 2 aromatic carbocycles. The molecule has 232 valence electrons. The van der Waals surface area contributed by atoms with Gasteiger partial charge in [-0.3, -0.25) is 9.69 Å². The third-order valence-electron chi connectivity index (χ3n) is 7.82. The van der Waals surface area contributed by atoms with E-state index in [0.717, 1.165) is 10.4 Å². The summed E-state index contributed by atoms with van der Waals surface area (Å²) in [5.41, 5.74) is -1.36. The molecule has 1 fully saturated rings. The van der Waals surface area contributed by atoms with Gasteiger partial charge in [0.2, 0.25) is 0 Å². The first kappa shape index (κ1) is 34.0. The number of aliphatic hydroxyl groups is 1. The molecule has 42 heavy (non-hydrogen) atoms. The second-order valence-corrected chi connectivity index (χ2v) is 18.2. The van der Waals surface area contributed by atoms with E-state index in [-0.39, 0.29) is 29.9 Å². The Morgan fingerprint density at radius 1 is 0.976 bits per heavy atom. The van der Waals surface area contributed by atoms with Crippen LogP contribution in [0.4, 0.5) is 4.79 Å². The van der Waals surface area contributed by atoms with Crippen molar-refractivity contribution in [3.05, 3.63) is 60.7 Å². The monoisotopic (exact) mass is 597 g/mol. The molecule has 3 rings (SSSR count). The third-order valence-corrected chi connectivity index (χ3v) is 12.8. The van der Waals surface area contributed by atoms with Crippen LogP contribution in [0.25, 0.3) is 0 Å². The highest BCUT2D eigenvalue weighted by Gasteiger charge is 2.50. The lowest BCUT2D eigenvalue weighted by Crippen LogP contribution is -2.67. The van der Waals surface area contributed by atoms with E-state index in [0.29, 0.717) is 32.3 Å². The van der Waals surface area contributed by atoms with Crippen LogP contribution in [0.2, 0.25) is 5.04 Å². The van der Waals surface area contributed by atoms with Crippen LogP contribution in [-0.4, -0.2) is 66.9 Å². The predicted molar refractivity (Wildman–Crippen MR) is 170 cm³/mol. The molecular weight excluding hydrogens is 546 g/mol. The van der Waals surface area contributed by atoms with Crippen LogP contribution in [0, 0.1) is 0 Å². The number of aliphatic hydroxyl groups excluding tert-OH is 1. The highest BCUT2D eigenvalue weighted by Crippen LogP contribution is 2.37. The number of rotatable bonds is 12. The molecule has 0 saturated carbocycles. The topological polar surface area (TPSA) is 85.3 Å². The summed E-state index contributed by atoms with van der Waals surface area (Å²) in [6.07, 6.45) is 1.16. The highest BCUT2D eigenvalue weighted by atomic mass is 28.4. The average Bonchev–Trinajstić information content (AvgIpc) is 3.21. The van der Waals surface area contributed by atoms with Crippen molar-refractivity contribution in [2.24, 2.45) is 0 Å². The fraction of sp³-hybridized carbons (Fsp3) is 0.588. The molecule has 2 atom stereocenters. The van der Waals surface area contributed by atoms with Gasteiger partial charge >= 0.3 is 6.09 Å². The highest BCUT2D eigenvalue weighted by molar-refractivity contribution is 6.99. The van der Waals surface area contributed by atoms with Crippen LogP contribution in [0.15, 0.2) is 60.7 Å². The molecule has 2 aromatic rings. The molecule has 7 nitrogen and oxygen atoms in total. The third kappa shape index (κ3) is 8.53. The number of hydrogen-bond donors (Lipinski definition) is 1. The molecule has 0 bridgehead atoms. The Balaban J connectivity index is 1.56. The zero-order valence-electron chi connectivity index (χ0n) is 26.8. The minimum atomic E-state index is -2.75. The van der Waals surface area contributed by atoms with E-state index >= 15 is 0 Å². The lowest BCUT2D eigenvalue weighted by atomic mass is 10.0. The maximum absolute atomic E-state index is 12.9. The Hall–Kier alpha value is -2.52. The number of carbonyl (C=O) groups excluding carboxylic acids is 2. The number of ketones is 1. The molecule has 1 N–H and O–H groups in total. The first-order valence-corrected chi connectivity index (χ1v) is 17.1. The number of amides is 1. The fourth-order valence-corrected chi connectivity index (χ4v) is 10.4. The summed E-state index contributed by atoms with van der Waals surface area (Å²) >= 11 is 0. The standard InChI is InChI=1S/C34H51NO6Si/c1-32(2,3)41-31(38)35-26(24-39-34(35,7)8)16-15-17-27(36)22-23-28(37)25-40-42(33(4,5)6,29-18-11-9-12-19-29)30-20-13-10-14-21-30/h9-14,18-21,26,28,37H,15-17,22-25H2,1-8H3/t26-,28?/m0/s1. The number of hydrogen-bond acceptors (Lipinski definition) is 6. The molecule has 1 heterocycles. The predicted octanol–water partition coefficient (Wildman–Crippen LogP) is 5.82. The smallest absolute Gasteiger partial charge is 0.412 e. The van der Waals surface area contributed by atoms with E-state index in [4.69, 9.17) is 13.9 Å². The second kappa shape index (κ2) is 13.8. The summed E-state index contributed by atoms with van der Waals surface area (Å²) < 4.78 is 18.3. The zero-order chi connectivity index (χ0) is 31.2. The quantitative estimate of drug-likeness (QED) is 0.311. The summed E-state index contributed by atoms with van der Waals surface area (Å²) in [5.74, 6) is 0.0986. The van der Waals surface area contributed by atoms with E-state index in [1.807, 2.05) is 71.0 Å². The van der Waals surface area contributed by atoms with Gasteiger partial charge in [0.15, 0.2) is 0 Å². The number of benzene rings is 2. The van der Waals surface area contributed by atoms with Gasteiger partial charge in [-0.05, 0) is 69.3 Å². The molecule has 0 radical (unpaired) electrons. The Morgan fingerprint density at radius 3 is 2.02 bits per heavy atom. The minimum absolute atomic E-state index is 0.0986. The van der Waals surface area contributed by atoms with Crippen LogP contribution in [0.1, 0.15) is 87.5 Å². The molecule has 0 spiro atoms. The summed E-state index contributed by atoms with van der Waals surface area (Å²) in [5, 5.41) is 13.1. The van der Waals surface area contributed by atoms with E-state index < -0.39 is 31.8 Å². The van der Waals surface area contributed by atoms with Gasteiger partial charge in [-0.2, -0.15) is 0 Å². The van der Waals surface area contributed by atoms with E-state index in [1.165, 1.54) is 0 Å². The lowest BCUT2D eigenvalue weighted by molar-refractivity contribution is -0.119. The van der Waals surface area contributed by atoms with Gasteiger partial charge < -0.3 is 19.0 Å². The second-order valence-electron chi connectivity index (χ2n) is 13.9. The SMILES string of the molecule is CC(C)(C)OC(=O)N1[C@@H](CCCC(=O)CCC(O)CO[Si](c2ccccc2)(c2ccccc2)C(C)(C)C)COC1(C)C. The van der Waals surface area contributed by atoms with Crippen LogP contribution in [0.3, 0.4) is 0 Å². The maximum atomic E-state index is 12.9. The Bertz CT molecular complexity index is 1120. The first-order valence-electron chi connectivity index (χ1n) is 15.2. The van der Waals surface area contributed by atoms with E-state index in [2.05, 4.69) is 45.0 Å². The summed E-state index contributed by atoms with van der Waals surface area (Å²) in [4.78, 5) is 27.3. The number of Topliss-reactive ketones (excluding diaryl/α,β-unsaturated/α-hetero) is 1. The maximum Gasteiger partial charge on any atom is 0.412 e. The van der Waals surface area contributed by atoms with Crippen LogP contribution in [0.5, 0.6) is 0 Å². The van der Waals surface area contributed by atoms with E-state index in [9.17, 15) is 14.7 Å². The first-order chi connectivity index (χ1) is 19.6.